The summed E-state index contributed by atoms with van der Waals surface area (Å²) < 4.78 is 2.89. The first kappa shape index (κ1) is 14.5. The van der Waals surface area contributed by atoms with Crippen molar-refractivity contribution in [2.45, 2.75) is 40.7 Å². The van der Waals surface area contributed by atoms with E-state index >= 15 is 0 Å². The van der Waals surface area contributed by atoms with Crippen molar-refractivity contribution in [3.05, 3.63) is 22.2 Å². The number of nitrogen functional groups attached to an aromatic ring is 1. The minimum Gasteiger partial charge on any atom is -0.398 e. The van der Waals surface area contributed by atoms with Gasteiger partial charge in [0.25, 0.3) is 0 Å². The minimum absolute atomic E-state index is 0.169. The number of halogens is 1. The van der Waals surface area contributed by atoms with Gasteiger partial charge in [-0.2, -0.15) is 0 Å². The fourth-order valence-electron chi connectivity index (χ4n) is 3.25. The van der Waals surface area contributed by atoms with E-state index in [4.69, 9.17) is 5.73 Å². The molecular weight excluding hydrogens is 330 g/mol. The summed E-state index contributed by atoms with van der Waals surface area (Å²) in [6.07, 6.45) is 0. The normalized spacial score (nSPS) is 19.7. The molecule has 2 aromatic rings. The molecule has 21 heavy (non-hydrogen) atoms. The molecule has 0 aliphatic heterocycles. The molecule has 1 heterocycles. The summed E-state index contributed by atoms with van der Waals surface area (Å²) in [5, 5.41) is 12.4. The van der Waals surface area contributed by atoms with E-state index in [-0.39, 0.29) is 16.9 Å². The van der Waals surface area contributed by atoms with E-state index in [2.05, 4.69) is 59.2 Å². The zero-order valence-corrected chi connectivity index (χ0v) is 14.6. The fourth-order valence-corrected chi connectivity index (χ4v) is 3.73. The van der Waals surface area contributed by atoms with Gasteiger partial charge in [0.15, 0.2) is 5.82 Å². The molecule has 0 bridgehead atoms. The van der Waals surface area contributed by atoms with Crippen molar-refractivity contribution >= 4 is 21.6 Å². The molecule has 3 rings (SSSR count). The van der Waals surface area contributed by atoms with E-state index in [0.29, 0.717) is 0 Å². The van der Waals surface area contributed by atoms with E-state index in [1.807, 2.05) is 23.7 Å². The monoisotopic (exact) mass is 349 g/mol. The van der Waals surface area contributed by atoms with E-state index in [9.17, 15) is 0 Å². The molecule has 0 radical (unpaired) electrons. The molecule has 6 heteroatoms. The number of nitrogens with zero attached hydrogens (tertiary/aromatic N) is 4. The van der Waals surface area contributed by atoms with Gasteiger partial charge in [0, 0.05) is 15.7 Å². The molecule has 1 aromatic heterocycles. The van der Waals surface area contributed by atoms with Crippen LogP contribution in [0, 0.1) is 17.8 Å². The Morgan fingerprint density at radius 1 is 1.19 bits per heavy atom. The van der Waals surface area contributed by atoms with E-state index in [1.165, 1.54) is 0 Å². The molecule has 0 atom stereocenters. The third kappa shape index (κ3) is 1.92. The lowest BCUT2D eigenvalue weighted by molar-refractivity contribution is 0.457. The fraction of sp³-hybridized carbons (Fsp3) is 0.533. The molecule has 0 spiro atoms. The number of tetrazole rings is 1. The number of hydrogen-bond acceptors (Lipinski definition) is 4. The Labute approximate surface area is 133 Å². The molecule has 5 nitrogen and oxygen atoms in total. The summed E-state index contributed by atoms with van der Waals surface area (Å²) in [6, 6.07) is 4.21. The Bertz CT molecular complexity index is 703. The van der Waals surface area contributed by atoms with Crippen LogP contribution in [0.3, 0.4) is 0 Å². The molecule has 2 N–H and O–H groups in total. The van der Waals surface area contributed by atoms with Crippen LogP contribution in [-0.2, 0) is 0 Å². The van der Waals surface area contributed by atoms with Gasteiger partial charge in [-0.15, -0.1) is 5.10 Å². The number of nitrogens with two attached hydrogens (primary N) is 1. The van der Waals surface area contributed by atoms with Crippen molar-refractivity contribution in [1.82, 2.24) is 20.2 Å². The predicted molar refractivity (Wildman–Crippen MR) is 86.7 cm³/mol. The summed E-state index contributed by atoms with van der Waals surface area (Å²) >= 11 is 3.50. The standard InChI is InChI=1S/C15H20BrN5/c1-8-10(6-9(16)7-11(8)17)12-18-19-20-21(12)13-14(2,3)15(13,4)5/h6-7,13H,17H2,1-5H3. The predicted octanol–water partition coefficient (Wildman–Crippen LogP) is 3.60. The van der Waals surface area contributed by atoms with Crippen LogP contribution >= 0.6 is 15.9 Å². The molecular formula is C15H20BrN5. The lowest BCUT2D eigenvalue weighted by Crippen LogP contribution is -2.07. The van der Waals surface area contributed by atoms with Gasteiger partial charge in [-0.25, -0.2) is 4.68 Å². The van der Waals surface area contributed by atoms with Gasteiger partial charge < -0.3 is 5.73 Å². The average molecular weight is 350 g/mol. The van der Waals surface area contributed by atoms with Crippen LogP contribution in [0.4, 0.5) is 5.69 Å². The number of benzene rings is 1. The van der Waals surface area contributed by atoms with Crippen LogP contribution in [0.2, 0.25) is 0 Å². The van der Waals surface area contributed by atoms with Crippen molar-refractivity contribution in [3.8, 4) is 11.4 Å². The Hall–Kier alpha value is -1.43. The lowest BCUT2D eigenvalue weighted by atomic mass is 10.0. The zero-order chi connectivity index (χ0) is 15.6. The number of aromatic nitrogens is 4. The van der Waals surface area contributed by atoms with Crippen molar-refractivity contribution < 1.29 is 0 Å². The summed E-state index contributed by atoms with van der Waals surface area (Å²) in [6.45, 7) is 11.0. The zero-order valence-electron chi connectivity index (χ0n) is 13.0. The van der Waals surface area contributed by atoms with Crippen molar-refractivity contribution in [2.75, 3.05) is 5.73 Å². The van der Waals surface area contributed by atoms with Gasteiger partial charge in [-0.1, -0.05) is 43.6 Å². The van der Waals surface area contributed by atoms with Gasteiger partial charge in [-0.3, -0.25) is 0 Å². The molecule has 1 fully saturated rings. The second-order valence-electron chi connectivity index (χ2n) is 6.96. The maximum Gasteiger partial charge on any atom is 0.182 e. The van der Waals surface area contributed by atoms with Crippen LogP contribution in [0.5, 0.6) is 0 Å². The Kier molecular flexibility index (Phi) is 2.96. The largest absolute Gasteiger partial charge is 0.398 e. The third-order valence-electron chi connectivity index (χ3n) is 5.34. The van der Waals surface area contributed by atoms with Crippen LogP contribution in [0.25, 0.3) is 11.4 Å². The van der Waals surface area contributed by atoms with Gasteiger partial charge in [0.1, 0.15) is 0 Å². The van der Waals surface area contributed by atoms with Crippen LogP contribution in [0.15, 0.2) is 16.6 Å². The molecule has 112 valence electrons. The van der Waals surface area contributed by atoms with Crippen LogP contribution in [0.1, 0.15) is 39.3 Å². The molecule has 0 amide bonds. The SMILES string of the molecule is Cc1c(N)cc(Br)cc1-c1nnnn1C1C(C)(C)C1(C)C. The Morgan fingerprint density at radius 3 is 2.38 bits per heavy atom. The van der Waals surface area contributed by atoms with Gasteiger partial charge in [-0.05, 0) is 45.9 Å². The summed E-state index contributed by atoms with van der Waals surface area (Å²) in [4.78, 5) is 0. The van der Waals surface area contributed by atoms with E-state index in [0.717, 1.165) is 27.1 Å². The van der Waals surface area contributed by atoms with E-state index in [1.54, 1.807) is 0 Å². The van der Waals surface area contributed by atoms with Gasteiger partial charge >= 0.3 is 0 Å². The highest BCUT2D eigenvalue weighted by Gasteiger charge is 2.67. The number of anilines is 1. The van der Waals surface area contributed by atoms with Gasteiger partial charge in [0.05, 0.1) is 6.04 Å². The van der Waals surface area contributed by atoms with Crippen LogP contribution < -0.4 is 5.73 Å². The first-order chi connectivity index (χ1) is 9.68. The smallest absolute Gasteiger partial charge is 0.182 e. The molecule has 1 aliphatic carbocycles. The first-order valence-electron chi connectivity index (χ1n) is 7.02. The molecule has 1 aliphatic rings. The average Bonchev–Trinajstić information content (AvgIpc) is 2.71. The number of rotatable bonds is 2. The molecule has 0 saturated heterocycles. The molecule has 1 saturated carbocycles. The van der Waals surface area contributed by atoms with Crippen molar-refractivity contribution in [3.63, 3.8) is 0 Å². The third-order valence-corrected chi connectivity index (χ3v) is 5.79. The van der Waals surface area contributed by atoms with E-state index < -0.39 is 0 Å². The maximum absolute atomic E-state index is 6.07. The maximum atomic E-state index is 6.07. The first-order valence-corrected chi connectivity index (χ1v) is 7.81. The van der Waals surface area contributed by atoms with Crippen LogP contribution in [-0.4, -0.2) is 20.2 Å². The Morgan fingerprint density at radius 2 is 1.81 bits per heavy atom. The topological polar surface area (TPSA) is 69.6 Å². The highest BCUT2D eigenvalue weighted by atomic mass is 79.9. The summed E-state index contributed by atoms with van der Waals surface area (Å²) in [5.41, 5.74) is 9.13. The quantitative estimate of drug-likeness (QED) is 0.840. The second kappa shape index (κ2) is 4.29. The number of hydrogen-bond donors (Lipinski definition) is 1. The van der Waals surface area contributed by atoms with Crippen molar-refractivity contribution in [2.24, 2.45) is 10.8 Å². The Balaban J connectivity index is 2.14. The summed E-state index contributed by atoms with van der Waals surface area (Å²) in [7, 11) is 0. The molecule has 0 unspecified atom stereocenters. The molecule has 1 aromatic carbocycles. The second-order valence-corrected chi connectivity index (χ2v) is 7.88. The lowest BCUT2D eigenvalue weighted by Gasteiger charge is -2.11. The minimum atomic E-state index is 0.169. The highest BCUT2D eigenvalue weighted by molar-refractivity contribution is 9.10. The van der Waals surface area contributed by atoms with Gasteiger partial charge in [0.2, 0.25) is 0 Å². The van der Waals surface area contributed by atoms with Crippen molar-refractivity contribution in [1.29, 1.82) is 0 Å². The highest BCUT2D eigenvalue weighted by Crippen LogP contribution is 2.71. The summed E-state index contributed by atoms with van der Waals surface area (Å²) in [5.74, 6) is 0.782.